The number of carbonyl (C=O) groups excluding carboxylic acids is 1. The molecule has 0 fully saturated rings. The first-order chi connectivity index (χ1) is 9.38. The molecule has 1 aromatic carbocycles. The summed E-state index contributed by atoms with van der Waals surface area (Å²) < 4.78 is 27.5. The van der Waals surface area contributed by atoms with Gasteiger partial charge in [-0.1, -0.05) is 29.8 Å². The third-order valence-electron chi connectivity index (χ3n) is 2.57. The van der Waals surface area contributed by atoms with E-state index >= 15 is 0 Å². The Hall–Kier alpha value is -1.34. The standard InChI is InChI=1S/C13H11BrF2N2OS/c1-6(2)10-5-20-13(17-10)18-12(19)11-8(15)3-7(14)4-9(11)16/h3-6H,1-2H3,(H,17,18,19). The number of benzene rings is 1. The summed E-state index contributed by atoms with van der Waals surface area (Å²) in [7, 11) is 0. The van der Waals surface area contributed by atoms with E-state index in [1.807, 2.05) is 13.8 Å². The van der Waals surface area contributed by atoms with Gasteiger partial charge in [-0.05, 0) is 18.1 Å². The van der Waals surface area contributed by atoms with Gasteiger partial charge >= 0.3 is 0 Å². The average Bonchev–Trinajstić information content (AvgIpc) is 2.75. The Labute approximate surface area is 127 Å². The fourth-order valence-electron chi connectivity index (χ4n) is 1.53. The van der Waals surface area contributed by atoms with Gasteiger partial charge in [0.1, 0.15) is 17.2 Å². The normalized spacial score (nSPS) is 10.9. The molecule has 1 aromatic heterocycles. The quantitative estimate of drug-likeness (QED) is 0.871. The third-order valence-corrected chi connectivity index (χ3v) is 3.80. The van der Waals surface area contributed by atoms with E-state index in [2.05, 4.69) is 26.2 Å². The number of aromatic nitrogens is 1. The third kappa shape index (κ3) is 3.21. The summed E-state index contributed by atoms with van der Waals surface area (Å²) in [5.41, 5.74) is 0.205. The van der Waals surface area contributed by atoms with Gasteiger partial charge in [-0.3, -0.25) is 10.1 Å². The van der Waals surface area contributed by atoms with Gasteiger partial charge in [-0.15, -0.1) is 11.3 Å². The predicted molar refractivity (Wildman–Crippen MR) is 78.2 cm³/mol. The highest BCUT2D eigenvalue weighted by Gasteiger charge is 2.19. The first-order valence-corrected chi connectivity index (χ1v) is 7.47. The summed E-state index contributed by atoms with van der Waals surface area (Å²) in [5.74, 6) is -2.47. The Kier molecular flexibility index (Phi) is 4.49. The largest absolute Gasteiger partial charge is 0.298 e. The molecule has 2 rings (SSSR count). The first-order valence-electron chi connectivity index (χ1n) is 5.79. The lowest BCUT2D eigenvalue weighted by molar-refractivity contribution is 0.101. The van der Waals surface area contributed by atoms with E-state index in [0.717, 1.165) is 17.8 Å². The van der Waals surface area contributed by atoms with Crippen LogP contribution in [0.1, 0.15) is 35.8 Å². The van der Waals surface area contributed by atoms with Crippen molar-refractivity contribution in [3.05, 3.63) is 44.9 Å². The minimum absolute atomic E-state index is 0.220. The van der Waals surface area contributed by atoms with E-state index in [1.165, 1.54) is 11.3 Å². The number of rotatable bonds is 3. The molecule has 0 radical (unpaired) electrons. The molecule has 0 atom stereocenters. The molecule has 7 heteroatoms. The highest BCUT2D eigenvalue weighted by Crippen LogP contribution is 2.24. The van der Waals surface area contributed by atoms with Crippen molar-refractivity contribution in [2.24, 2.45) is 0 Å². The molecule has 0 aliphatic heterocycles. The van der Waals surface area contributed by atoms with Crippen LogP contribution in [0.4, 0.5) is 13.9 Å². The monoisotopic (exact) mass is 360 g/mol. The van der Waals surface area contributed by atoms with Crippen LogP contribution in [-0.4, -0.2) is 10.9 Å². The molecule has 0 aliphatic carbocycles. The maximum absolute atomic E-state index is 13.7. The van der Waals surface area contributed by atoms with E-state index in [0.29, 0.717) is 5.13 Å². The minimum atomic E-state index is -0.921. The molecular weight excluding hydrogens is 350 g/mol. The number of nitrogens with one attached hydrogen (secondary N) is 1. The molecule has 20 heavy (non-hydrogen) atoms. The number of nitrogens with zero attached hydrogens (tertiary/aromatic N) is 1. The smallest absolute Gasteiger partial charge is 0.263 e. The Morgan fingerprint density at radius 3 is 2.45 bits per heavy atom. The summed E-state index contributed by atoms with van der Waals surface area (Å²) in [6, 6.07) is 2.08. The molecule has 0 saturated carbocycles. The van der Waals surface area contributed by atoms with Crippen molar-refractivity contribution in [3.63, 3.8) is 0 Å². The molecule has 0 spiro atoms. The molecule has 0 saturated heterocycles. The van der Waals surface area contributed by atoms with Crippen molar-refractivity contribution in [3.8, 4) is 0 Å². The predicted octanol–water partition coefficient (Wildman–Crippen LogP) is 4.56. The van der Waals surface area contributed by atoms with Crippen LogP contribution in [0.5, 0.6) is 0 Å². The van der Waals surface area contributed by atoms with Gasteiger partial charge in [0.25, 0.3) is 5.91 Å². The number of anilines is 1. The second-order valence-electron chi connectivity index (χ2n) is 4.43. The molecule has 0 unspecified atom stereocenters. The highest BCUT2D eigenvalue weighted by molar-refractivity contribution is 9.10. The number of halogens is 3. The van der Waals surface area contributed by atoms with Crippen molar-refractivity contribution in [2.45, 2.75) is 19.8 Å². The molecule has 106 valence electrons. The minimum Gasteiger partial charge on any atom is -0.298 e. The molecular formula is C13H11BrF2N2OS. The zero-order valence-corrected chi connectivity index (χ0v) is 13.1. The van der Waals surface area contributed by atoms with E-state index in [9.17, 15) is 13.6 Å². The maximum atomic E-state index is 13.7. The summed E-state index contributed by atoms with van der Waals surface area (Å²) >= 11 is 4.18. The SMILES string of the molecule is CC(C)c1csc(NC(=O)c2c(F)cc(Br)cc2F)n1. The first kappa shape index (κ1) is 15.1. The van der Waals surface area contributed by atoms with Crippen molar-refractivity contribution in [1.29, 1.82) is 0 Å². The van der Waals surface area contributed by atoms with Gasteiger partial charge < -0.3 is 0 Å². The summed E-state index contributed by atoms with van der Waals surface area (Å²) in [4.78, 5) is 16.1. The molecule has 1 heterocycles. The van der Waals surface area contributed by atoms with Gasteiger partial charge in [0.05, 0.1) is 5.69 Å². The van der Waals surface area contributed by atoms with Gasteiger partial charge in [0.15, 0.2) is 5.13 Å². The fraction of sp³-hybridized carbons (Fsp3) is 0.231. The van der Waals surface area contributed by atoms with E-state index in [4.69, 9.17) is 0 Å². The number of thiazole rings is 1. The van der Waals surface area contributed by atoms with Crippen LogP contribution in [0, 0.1) is 11.6 Å². The molecule has 1 N–H and O–H groups in total. The lowest BCUT2D eigenvalue weighted by Gasteiger charge is -2.05. The van der Waals surface area contributed by atoms with Crippen LogP contribution in [0.25, 0.3) is 0 Å². The van der Waals surface area contributed by atoms with Gasteiger partial charge in [0.2, 0.25) is 0 Å². The van der Waals surface area contributed by atoms with Crippen molar-refractivity contribution in [2.75, 3.05) is 5.32 Å². The Morgan fingerprint density at radius 1 is 1.35 bits per heavy atom. The molecule has 1 amide bonds. The van der Waals surface area contributed by atoms with E-state index < -0.39 is 23.1 Å². The lowest BCUT2D eigenvalue weighted by atomic mass is 10.2. The van der Waals surface area contributed by atoms with Crippen molar-refractivity contribution in [1.82, 2.24) is 4.98 Å². The molecule has 0 bridgehead atoms. The molecule has 0 aliphatic rings. The van der Waals surface area contributed by atoms with E-state index in [-0.39, 0.29) is 10.4 Å². The average molecular weight is 361 g/mol. The summed E-state index contributed by atoms with van der Waals surface area (Å²) in [5, 5.41) is 4.53. The van der Waals surface area contributed by atoms with Crippen LogP contribution in [0.15, 0.2) is 22.0 Å². The van der Waals surface area contributed by atoms with Crippen LogP contribution < -0.4 is 5.32 Å². The number of hydrogen-bond acceptors (Lipinski definition) is 3. The number of hydrogen-bond donors (Lipinski definition) is 1. The van der Waals surface area contributed by atoms with Crippen LogP contribution in [-0.2, 0) is 0 Å². The Bertz CT molecular complexity index is 635. The molecule has 2 aromatic rings. The maximum Gasteiger partial charge on any atom is 0.263 e. The van der Waals surface area contributed by atoms with Crippen molar-refractivity contribution >= 4 is 38.3 Å². The summed E-state index contributed by atoms with van der Waals surface area (Å²) in [6.45, 7) is 3.93. The van der Waals surface area contributed by atoms with Gasteiger partial charge in [-0.25, -0.2) is 13.8 Å². The van der Waals surface area contributed by atoms with Crippen LogP contribution in [0.2, 0.25) is 0 Å². The van der Waals surface area contributed by atoms with Crippen LogP contribution in [0.3, 0.4) is 0 Å². The Morgan fingerprint density at radius 2 is 1.95 bits per heavy atom. The second-order valence-corrected chi connectivity index (χ2v) is 6.20. The molecule has 3 nitrogen and oxygen atoms in total. The topological polar surface area (TPSA) is 42.0 Å². The lowest BCUT2D eigenvalue weighted by Crippen LogP contribution is -2.16. The zero-order chi connectivity index (χ0) is 14.9. The zero-order valence-electron chi connectivity index (χ0n) is 10.7. The second kappa shape index (κ2) is 5.97. The number of carbonyl (C=O) groups is 1. The highest BCUT2D eigenvalue weighted by atomic mass is 79.9. The van der Waals surface area contributed by atoms with E-state index in [1.54, 1.807) is 5.38 Å². The van der Waals surface area contributed by atoms with Gasteiger partial charge in [0, 0.05) is 9.85 Å². The Balaban J connectivity index is 2.24. The fourth-order valence-corrected chi connectivity index (χ4v) is 2.80. The van der Waals surface area contributed by atoms with Crippen molar-refractivity contribution < 1.29 is 13.6 Å². The van der Waals surface area contributed by atoms with Crippen LogP contribution >= 0.6 is 27.3 Å². The van der Waals surface area contributed by atoms with Gasteiger partial charge in [-0.2, -0.15) is 0 Å². The summed E-state index contributed by atoms with van der Waals surface area (Å²) in [6.07, 6.45) is 0. The number of amides is 1.